The Balaban J connectivity index is 2.38. The van der Waals surface area contributed by atoms with Crippen molar-refractivity contribution in [3.05, 3.63) is 40.7 Å². The second-order valence-electron chi connectivity index (χ2n) is 3.33. The fourth-order valence-corrected chi connectivity index (χ4v) is 2.15. The summed E-state index contributed by atoms with van der Waals surface area (Å²) >= 11 is 7.10. The number of hydrazine groups is 1. The molecule has 90 valence electrons. The SMILES string of the molecule is COc1cc(C(NN)c2cnsn2)ccc1Cl. The summed E-state index contributed by atoms with van der Waals surface area (Å²) in [6.45, 7) is 0. The van der Waals surface area contributed by atoms with Crippen molar-refractivity contribution in [3.8, 4) is 5.75 Å². The van der Waals surface area contributed by atoms with Crippen LogP contribution in [0, 0.1) is 0 Å². The average molecular weight is 271 g/mol. The second kappa shape index (κ2) is 5.42. The molecule has 0 saturated heterocycles. The van der Waals surface area contributed by atoms with Crippen LogP contribution in [0.5, 0.6) is 5.75 Å². The summed E-state index contributed by atoms with van der Waals surface area (Å²) in [7, 11) is 1.57. The lowest BCUT2D eigenvalue weighted by atomic mass is 10.0. The molecule has 1 heterocycles. The maximum absolute atomic E-state index is 5.97. The molecule has 2 rings (SSSR count). The summed E-state index contributed by atoms with van der Waals surface area (Å²) in [6.07, 6.45) is 1.68. The molecule has 1 aromatic heterocycles. The normalized spacial score (nSPS) is 12.4. The second-order valence-corrected chi connectivity index (χ2v) is 4.29. The molecular weight excluding hydrogens is 260 g/mol. The lowest BCUT2D eigenvalue weighted by Gasteiger charge is -2.14. The van der Waals surface area contributed by atoms with E-state index in [9.17, 15) is 0 Å². The minimum atomic E-state index is -0.222. The maximum Gasteiger partial charge on any atom is 0.137 e. The van der Waals surface area contributed by atoms with Gasteiger partial charge in [0, 0.05) is 0 Å². The van der Waals surface area contributed by atoms with Crippen molar-refractivity contribution in [2.24, 2.45) is 5.84 Å². The summed E-state index contributed by atoms with van der Waals surface area (Å²) in [5.41, 5.74) is 4.38. The molecule has 2 aromatic rings. The standard InChI is InChI=1S/C10H11ClN4OS/c1-16-9-4-6(2-3-7(9)11)10(14-12)8-5-13-17-15-8/h2-5,10,14H,12H2,1H3. The third kappa shape index (κ3) is 2.55. The van der Waals surface area contributed by atoms with Crippen LogP contribution in [0.3, 0.4) is 0 Å². The van der Waals surface area contributed by atoms with Gasteiger partial charge in [-0.15, -0.1) is 0 Å². The number of hydrogen-bond donors (Lipinski definition) is 2. The summed E-state index contributed by atoms with van der Waals surface area (Å²) < 4.78 is 13.3. The number of benzene rings is 1. The van der Waals surface area contributed by atoms with Crippen LogP contribution in [0.15, 0.2) is 24.4 Å². The minimum Gasteiger partial charge on any atom is -0.495 e. The van der Waals surface area contributed by atoms with E-state index in [0.717, 1.165) is 23.0 Å². The van der Waals surface area contributed by atoms with Crippen LogP contribution in [0.2, 0.25) is 5.02 Å². The van der Waals surface area contributed by atoms with Gasteiger partial charge in [0.25, 0.3) is 0 Å². The van der Waals surface area contributed by atoms with Crippen molar-refractivity contribution in [1.82, 2.24) is 14.2 Å². The highest BCUT2D eigenvalue weighted by Crippen LogP contribution is 2.29. The van der Waals surface area contributed by atoms with E-state index in [1.165, 1.54) is 0 Å². The van der Waals surface area contributed by atoms with E-state index < -0.39 is 0 Å². The topological polar surface area (TPSA) is 73.1 Å². The maximum atomic E-state index is 5.97. The zero-order chi connectivity index (χ0) is 12.3. The first-order valence-electron chi connectivity index (χ1n) is 4.83. The number of ether oxygens (including phenoxy) is 1. The number of aromatic nitrogens is 2. The largest absolute Gasteiger partial charge is 0.495 e. The molecule has 0 aliphatic heterocycles. The van der Waals surface area contributed by atoms with Crippen molar-refractivity contribution in [1.29, 1.82) is 0 Å². The van der Waals surface area contributed by atoms with E-state index in [-0.39, 0.29) is 6.04 Å². The molecule has 0 spiro atoms. The monoisotopic (exact) mass is 270 g/mol. The smallest absolute Gasteiger partial charge is 0.137 e. The van der Waals surface area contributed by atoms with Gasteiger partial charge in [-0.2, -0.15) is 8.75 Å². The molecule has 0 radical (unpaired) electrons. The highest BCUT2D eigenvalue weighted by molar-refractivity contribution is 6.99. The fraction of sp³-hybridized carbons (Fsp3) is 0.200. The lowest BCUT2D eigenvalue weighted by Crippen LogP contribution is -2.29. The van der Waals surface area contributed by atoms with Crippen LogP contribution in [-0.2, 0) is 0 Å². The molecule has 0 saturated carbocycles. The third-order valence-electron chi connectivity index (χ3n) is 2.35. The van der Waals surface area contributed by atoms with Crippen LogP contribution >= 0.6 is 23.3 Å². The first-order chi connectivity index (χ1) is 8.26. The highest BCUT2D eigenvalue weighted by Gasteiger charge is 2.16. The molecule has 3 N–H and O–H groups in total. The zero-order valence-corrected chi connectivity index (χ0v) is 10.6. The number of nitrogens with zero attached hydrogens (tertiary/aromatic N) is 2. The van der Waals surface area contributed by atoms with Gasteiger partial charge in [0.1, 0.15) is 5.75 Å². The minimum absolute atomic E-state index is 0.222. The van der Waals surface area contributed by atoms with Gasteiger partial charge in [-0.1, -0.05) is 17.7 Å². The summed E-state index contributed by atoms with van der Waals surface area (Å²) in [4.78, 5) is 0. The number of nitrogens with two attached hydrogens (primary N) is 1. The van der Waals surface area contributed by atoms with E-state index in [1.807, 2.05) is 12.1 Å². The van der Waals surface area contributed by atoms with Gasteiger partial charge >= 0.3 is 0 Å². The van der Waals surface area contributed by atoms with Crippen LogP contribution in [0.4, 0.5) is 0 Å². The molecule has 5 nitrogen and oxygen atoms in total. The predicted molar refractivity (Wildman–Crippen MR) is 67.1 cm³/mol. The molecule has 0 aliphatic carbocycles. The van der Waals surface area contributed by atoms with Crippen LogP contribution in [-0.4, -0.2) is 15.9 Å². The molecule has 0 bridgehead atoms. The van der Waals surface area contributed by atoms with E-state index >= 15 is 0 Å². The predicted octanol–water partition coefficient (Wildman–Crippen LogP) is 1.75. The van der Waals surface area contributed by atoms with Crippen LogP contribution < -0.4 is 16.0 Å². The molecule has 1 aromatic carbocycles. The Labute approximate surface area is 108 Å². The summed E-state index contributed by atoms with van der Waals surface area (Å²) in [5, 5.41) is 0.559. The molecule has 0 fully saturated rings. The molecular formula is C10H11ClN4OS. The Morgan fingerprint density at radius 2 is 2.35 bits per heavy atom. The number of nitrogens with one attached hydrogen (secondary N) is 1. The molecule has 1 atom stereocenters. The quantitative estimate of drug-likeness (QED) is 0.654. The fourth-order valence-electron chi connectivity index (χ4n) is 1.51. The van der Waals surface area contributed by atoms with Crippen molar-refractivity contribution in [2.45, 2.75) is 6.04 Å². The number of rotatable bonds is 4. The molecule has 0 aliphatic rings. The third-order valence-corrected chi connectivity index (χ3v) is 3.15. The van der Waals surface area contributed by atoms with Crippen molar-refractivity contribution >= 4 is 23.3 Å². The Hall–Kier alpha value is -1.21. The van der Waals surface area contributed by atoms with Gasteiger partial charge in [-0.25, -0.2) is 5.43 Å². The van der Waals surface area contributed by atoms with E-state index in [0.29, 0.717) is 10.8 Å². The first-order valence-corrected chi connectivity index (χ1v) is 5.94. The summed E-state index contributed by atoms with van der Waals surface area (Å²) in [5.74, 6) is 6.14. The summed E-state index contributed by atoms with van der Waals surface area (Å²) in [6, 6.07) is 5.24. The van der Waals surface area contributed by atoms with Crippen molar-refractivity contribution in [3.63, 3.8) is 0 Å². The van der Waals surface area contributed by atoms with Gasteiger partial charge in [0.15, 0.2) is 0 Å². The molecule has 7 heteroatoms. The number of hydrogen-bond acceptors (Lipinski definition) is 6. The van der Waals surface area contributed by atoms with Crippen LogP contribution in [0.1, 0.15) is 17.3 Å². The van der Waals surface area contributed by atoms with E-state index in [1.54, 1.807) is 19.4 Å². The van der Waals surface area contributed by atoms with Gasteiger partial charge in [0.05, 0.1) is 41.8 Å². The molecule has 1 unspecified atom stereocenters. The Morgan fingerprint density at radius 3 is 2.94 bits per heavy atom. The Kier molecular flexibility index (Phi) is 3.90. The van der Waals surface area contributed by atoms with Gasteiger partial charge in [-0.05, 0) is 17.7 Å². The zero-order valence-electron chi connectivity index (χ0n) is 9.05. The van der Waals surface area contributed by atoms with Crippen molar-refractivity contribution < 1.29 is 4.74 Å². The van der Waals surface area contributed by atoms with E-state index in [4.69, 9.17) is 22.2 Å². The highest BCUT2D eigenvalue weighted by atomic mass is 35.5. The number of halogens is 1. The van der Waals surface area contributed by atoms with E-state index in [2.05, 4.69) is 14.2 Å². The first kappa shape index (κ1) is 12.3. The van der Waals surface area contributed by atoms with Gasteiger partial charge in [0.2, 0.25) is 0 Å². The van der Waals surface area contributed by atoms with Gasteiger partial charge < -0.3 is 4.74 Å². The van der Waals surface area contributed by atoms with Crippen LogP contribution in [0.25, 0.3) is 0 Å². The molecule has 17 heavy (non-hydrogen) atoms. The Morgan fingerprint density at radius 1 is 1.53 bits per heavy atom. The Bertz CT molecular complexity index is 491. The number of methoxy groups -OCH3 is 1. The van der Waals surface area contributed by atoms with Crippen molar-refractivity contribution in [2.75, 3.05) is 7.11 Å². The average Bonchev–Trinajstić information content (AvgIpc) is 2.86. The lowest BCUT2D eigenvalue weighted by molar-refractivity contribution is 0.414. The van der Waals surface area contributed by atoms with Gasteiger partial charge in [-0.3, -0.25) is 5.84 Å². The molecule has 0 amide bonds.